The van der Waals surface area contributed by atoms with Gasteiger partial charge in [0.1, 0.15) is 4.32 Å². The Morgan fingerprint density at radius 1 is 1.46 bits per heavy atom. The van der Waals surface area contributed by atoms with Crippen molar-refractivity contribution in [3.8, 4) is 0 Å². The average Bonchev–Trinajstić information content (AvgIpc) is 2.05. The second-order valence-electron chi connectivity index (χ2n) is 3.05. The van der Waals surface area contributed by atoms with Gasteiger partial charge in [-0.3, -0.25) is 0 Å². The van der Waals surface area contributed by atoms with Crippen LogP contribution in [0.5, 0.6) is 0 Å². The molecule has 1 atom stereocenters. The van der Waals surface area contributed by atoms with Gasteiger partial charge in [-0.25, -0.2) is 0 Å². The third-order valence-electron chi connectivity index (χ3n) is 2.00. The predicted molar refractivity (Wildman–Crippen MR) is 62.5 cm³/mol. The third kappa shape index (κ3) is 10.8. The Morgan fingerprint density at radius 2 is 2.08 bits per heavy atom. The molecule has 0 aliphatic rings. The monoisotopic (exact) mass is 269 g/mol. The molecular weight excluding hydrogens is 252 g/mol. The molecule has 0 aliphatic heterocycles. The molecule has 4 heteroatoms. The van der Waals surface area contributed by atoms with E-state index in [0.29, 0.717) is 4.32 Å². The largest absolute Gasteiger partial charge is 0.385 e. The van der Waals surface area contributed by atoms with Crippen molar-refractivity contribution in [2.24, 2.45) is 11.7 Å². The molecule has 13 heavy (non-hydrogen) atoms. The molecule has 0 heterocycles. The van der Waals surface area contributed by atoms with E-state index in [1.807, 2.05) is 0 Å². The van der Waals surface area contributed by atoms with Crippen molar-refractivity contribution in [2.75, 3.05) is 5.75 Å². The molecule has 2 N–H and O–H groups in total. The summed E-state index contributed by atoms with van der Waals surface area (Å²) in [6.45, 7) is 4.47. The molecule has 74 valence electrons. The molecule has 0 aromatic carbocycles. The molecule has 0 radical (unpaired) electrons. The van der Waals surface area contributed by atoms with Crippen molar-refractivity contribution in [2.45, 2.75) is 39.5 Å². The minimum Gasteiger partial charge on any atom is -0.385 e. The van der Waals surface area contributed by atoms with E-state index < -0.39 is 0 Å². The fraction of sp³-hybridized carbons (Fsp3) is 0.889. The Labute approximate surface area is 104 Å². The van der Waals surface area contributed by atoms with Crippen molar-refractivity contribution >= 4 is 28.3 Å². The number of unbranched alkanes of at least 4 members (excludes halogenated alkanes) is 1. The van der Waals surface area contributed by atoms with Crippen LogP contribution >= 0.6 is 24.0 Å². The van der Waals surface area contributed by atoms with Gasteiger partial charge in [0.2, 0.25) is 0 Å². The van der Waals surface area contributed by atoms with Crippen LogP contribution in [0.25, 0.3) is 0 Å². The van der Waals surface area contributed by atoms with Crippen molar-refractivity contribution in [1.29, 1.82) is 0 Å². The fourth-order valence-electron chi connectivity index (χ4n) is 1.10. The normalized spacial score (nSPS) is 11.8. The summed E-state index contributed by atoms with van der Waals surface area (Å²) in [6.07, 6.45) is 5.18. The summed E-state index contributed by atoms with van der Waals surface area (Å²) in [5.41, 5.74) is 5.42. The Kier molecular flexibility index (Phi) is 13.7. The van der Waals surface area contributed by atoms with Gasteiger partial charge in [-0.15, -0.1) is 0 Å². The third-order valence-corrected chi connectivity index (χ3v) is 3.28. The zero-order valence-corrected chi connectivity index (χ0v) is 13.3. The smallest absolute Gasteiger partial charge is 0.131 e. The summed E-state index contributed by atoms with van der Waals surface area (Å²) in [4.78, 5) is 0. The van der Waals surface area contributed by atoms with Gasteiger partial charge < -0.3 is 5.73 Å². The maximum absolute atomic E-state index is 5.42. The molecule has 0 spiro atoms. The average molecular weight is 271 g/mol. The van der Waals surface area contributed by atoms with Crippen molar-refractivity contribution in [3.05, 3.63) is 0 Å². The molecule has 0 amide bonds. The molecule has 0 aromatic heterocycles. The van der Waals surface area contributed by atoms with Crippen LogP contribution in [-0.2, 0) is 19.5 Å². The Balaban J connectivity index is 0. The van der Waals surface area contributed by atoms with Gasteiger partial charge in [0.05, 0.1) is 0 Å². The van der Waals surface area contributed by atoms with Gasteiger partial charge in [0.25, 0.3) is 0 Å². The van der Waals surface area contributed by atoms with Crippen LogP contribution in [0.2, 0.25) is 0 Å². The van der Waals surface area contributed by atoms with Gasteiger partial charge in [-0.05, 0) is 12.3 Å². The second-order valence-corrected chi connectivity index (χ2v) is 4.81. The minimum atomic E-state index is 0. The van der Waals surface area contributed by atoms with E-state index in [2.05, 4.69) is 13.8 Å². The van der Waals surface area contributed by atoms with E-state index in [0.717, 1.165) is 11.7 Å². The number of thiocarbonyl (C=S) groups is 1. The van der Waals surface area contributed by atoms with Gasteiger partial charge in [-0.1, -0.05) is 57.1 Å². The summed E-state index contributed by atoms with van der Waals surface area (Å²) in [5, 5.41) is 0. The molecule has 1 unspecified atom stereocenters. The number of nitrogens with two attached hydrogens (primary N) is 1. The van der Waals surface area contributed by atoms with Gasteiger partial charge >= 0.3 is 0 Å². The predicted octanol–water partition coefficient (Wildman–Crippen LogP) is 3.18. The first-order chi connectivity index (χ1) is 5.70. The first-order valence-corrected chi connectivity index (χ1v) is 6.02. The van der Waals surface area contributed by atoms with E-state index in [1.165, 1.54) is 25.7 Å². The summed E-state index contributed by atoms with van der Waals surface area (Å²) in [7, 11) is 0. The van der Waals surface area contributed by atoms with Gasteiger partial charge in [-0.2, -0.15) is 0 Å². The maximum Gasteiger partial charge on any atom is 0.131 e. The van der Waals surface area contributed by atoms with Crippen LogP contribution < -0.4 is 5.73 Å². The van der Waals surface area contributed by atoms with Crippen molar-refractivity contribution in [3.63, 3.8) is 0 Å². The fourth-order valence-corrected chi connectivity index (χ4v) is 2.10. The van der Waals surface area contributed by atoms with E-state index in [1.54, 1.807) is 11.8 Å². The second kappa shape index (κ2) is 10.9. The first-order valence-electron chi connectivity index (χ1n) is 4.62. The number of hydrogen-bond acceptors (Lipinski definition) is 2. The molecular formula is C9H19NS2Zn. The molecule has 1 nitrogen and oxygen atoms in total. The van der Waals surface area contributed by atoms with Crippen LogP contribution in [0.3, 0.4) is 0 Å². The molecule has 0 bridgehead atoms. The molecule has 0 aromatic rings. The van der Waals surface area contributed by atoms with Crippen LogP contribution in [0.15, 0.2) is 0 Å². The van der Waals surface area contributed by atoms with E-state index in [9.17, 15) is 0 Å². The van der Waals surface area contributed by atoms with E-state index >= 15 is 0 Å². The van der Waals surface area contributed by atoms with E-state index in [4.69, 9.17) is 18.0 Å². The Bertz CT molecular complexity index is 131. The Morgan fingerprint density at radius 3 is 2.46 bits per heavy atom. The van der Waals surface area contributed by atoms with Gasteiger partial charge in [0.15, 0.2) is 0 Å². The first kappa shape index (κ1) is 16.3. The molecule has 0 aliphatic carbocycles. The van der Waals surface area contributed by atoms with Crippen molar-refractivity contribution < 1.29 is 19.5 Å². The summed E-state index contributed by atoms with van der Waals surface area (Å²) in [5.74, 6) is 1.91. The van der Waals surface area contributed by atoms with Crippen LogP contribution in [0.1, 0.15) is 39.5 Å². The number of thioether (sulfide) groups is 1. The summed E-state index contributed by atoms with van der Waals surface area (Å²) in [6, 6.07) is 0. The van der Waals surface area contributed by atoms with E-state index in [-0.39, 0.29) is 19.5 Å². The van der Waals surface area contributed by atoms with Crippen LogP contribution in [0.4, 0.5) is 0 Å². The molecule has 0 fully saturated rings. The molecule has 0 saturated heterocycles. The Hall–Kier alpha value is 0.863. The number of rotatable bonds is 6. The zero-order chi connectivity index (χ0) is 9.40. The zero-order valence-electron chi connectivity index (χ0n) is 8.71. The quantitative estimate of drug-likeness (QED) is 0.593. The van der Waals surface area contributed by atoms with Crippen molar-refractivity contribution in [1.82, 2.24) is 0 Å². The molecule has 0 saturated carbocycles. The maximum atomic E-state index is 5.42. The topological polar surface area (TPSA) is 26.0 Å². The van der Waals surface area contributed by atoms with Gasteiger partial charge in [0, 0.05) is 25.2 Å². The standard InChI is InChI=1S/C9H19NS2.Zn/c1-3-5-6-8(4-2)7-12-9(10)11;/h8H,3-7H2,1-2H3,(H2,10,11);. The minimum absolute atomic E-state index is 0. The summed E-state index contributed by atoms with van der Waals surface area (Å²) >= 11 is 6.44. The van der Waals surface area contributed by atoms with Crippen LogP contribution in [0, 0.1) is 5.92 Å². The SMILES string of the molecule is CCCCC(CC)CSC(N)=S.[Zn]. The summed E-state index contributed by atoms with van der Waals surface area (Å²) < 4.78 is 0.588. The van der Waals surface area contributed by atoms with Crippen LogP contribution in [-0.4, -0.2) is 10.1 Å². The molecule has 0 rings (SSSR count). The number of hydrogen-bond donors (Lipinski definition) is 1.